The Morgan fingerprint density at radius 2 is 1.83 bits per heavy atom. The van der Waals surface area contributed by atoms with Crippen molar-refractivity contribution in [1.29, 1.82) is 0 Å². The third-order valence-corrected chi connectivity index (χ3v) is 2.79. The highest BCUT2D eigenvalue weighted by molar-refractivity contribution is 6.30. The van der Waals surface area contributed by atoms with Crippen molar-refractivity contribution in [2.75, 3.05) is 12.8 Å². The van der Waals surface area contributed by atoms with E-state index in [2.05, 4.69) is 0 Å². The number of rotatable bonds is 2. The molecule has 0 unspecified atom stereocenters. The molecule has 0 amide bonds. The maximum absolute atomic E-state index is 13.7. The number of nitrogens with two attached hydrogens (primary N) is 1. The van der Waals surface area contributed by atoms with Crippen LogP contribution in [0.5, 0.6) is 5.75 Å². The number of benzene rings is 2. The lowest BCUT2D eigenvalue weighted by molar-refractivity contribution is 0.414. The molecule has 0 atom stereocenters. The fourth-order valence-corrected chi connectivity index (χ4v) is 1.80. The average molecular weight is 270 g/mol. The fraction of sp³-hybridized carbons (Fsp3) is 0.0769. The largest absolute Gasteiger partial charge is 0.494 e. The molecular weight excluding hydrogens is 260 g/mol. The van der Waals surface area contributed by atoms with Crippen LogP contribution in [0.25, 0.3) is 11.1 Å². The van der Waals surface area contributed by atoms with E-state index in [9.17, 15) is 8.78 Å². The van der Waals surface area contributed by atoms with Crippen molar-refractivity contribution in [3.05, 3.63) is 47.0 Å². The van der Waals surface area contributed by atoms with Gasteiger partial charge in [0.2, 0.25) is 0 Å². The van der Waals surface area contributed by atoms with Gasteiger partial charge in [-0.15, -0.1) is 0 Å². The molecule has 0 saturated carbocycles. The minimum atomic E-state index is -0.654. The topological polar surface area (TPSA) is 35.2 Å². The van der Waals surface area contributed by atoms with Gasteiger partial charge in [-0.3, -0.25) is 0 Å². The molecule has 2 nitrogen and oxygen atoms in total. The highest BCUT2D eigenvalue weighted by atomic mass is 35.5. The number of methoxy groups -OCH3 is 1. The van der Waals surface area contributed by atoms with E-state index in [-0.39, 0.29) is 22.0 Å². The van der Waals surface area contributed by atoms with Crippen LogP contribution in [0.1, 0.15) is 0 Å². The van der Waals surface area contributed by atoms with Gasteiger partial charge in [0.25, 0.3) is 0 Å². The zero-order valence-electron chi connectivity index (χ0n) is 9.51. The van der Waals surface area contributed by atoms with Crippen molar-refractivity contribution < 1.29 is 13.5 Å². The summed E-state index contributed by atoms with van der Waals surface area (Å²) >= 11 is 5.66. The predicted octanol–water partition coefficient (Wildman–Crippen LogP) is 3.88. The summed E-state index contributed by atoms with van der Waals surface area (Å²) < 4.78 is 32.2. The van der Waals surface area contributed by atoms with Crippen LogP contribution >= 0.6 is 11.6 Å². The lowest BCUT2D eigenvalue weighted by atomic mass is 10.0. The molecule has 94 valence electrons. The summed E-state index contributed by atoms with van der Waals surface area (Å²) in [7, 11) is 1.37. The number of hydrogen-bond donors (Lipinski definition) is 1. The highest BCUT2D eigenvalue weighted by Crippen LogP contribution is 2.33. The molecule has 5 heteroatoms. The molecule has 0 bridgehead atoms. The van der Waals surface area contributed by atoms with Gasteiger partial charge in [0.15, 0.2) is 5.82 Å². The molecule has 0 fully saturated rings. The van der Waals surface area contributed by atoms with Crippen molar-refractivity contribution in [3.63, 3.8) is 0 Å². The highest BCUT2D eigenvalue weighted by Gasteiger charge is 2.12. The van der Waals surface area contributed by atoms with Crippen LogP contribution in [0, 0.1) is 11.6 Å². The van der Waals surface area contributed by atoms with Crippen LogP contribution in [0.2, 0.25) is 5.02 Å². The Hall–Kier alpha value is -1.81. The van der Waals surface area contributed by atoms with Gasteiger partial charge in [-0.1, -0.05) is 11.6 Å². The number of anilines is 1. The Balaban J connectivity index is 2.60. The first-order chi connectivity index (χ1) is 8.52. The molecule has 2 aromatic rings. The second-order valence-electron chi connectivity index (χ2n) is 3.70. The average Bonchev–Trinajstić information content (AvgIpc) is 2.32. The summed E-state index contributed by atoms with van der Waals surface area (Å²) in [5, 5.41) is 0.277. The van der Waals surface area contributed by atoms with Crippen molar-refractivity contribution >= 4 is 17.3 Å². The van der Waals surface area contributed by atoms with Gasteiger partial charge in [0.05, 0.1) is 7.11 Å². The summed E-state index contributed by atoms with van der Waals surface area (Å²) in [6, 6.07) is 6.80. The van der Waals surface area contributed by atoms with Gasteiger partial charge in [-0.25, -0.2) is 8.78 Å². The van der Waals surface area contributed by atoms with Crippen LogP contribution in [-0.2, 0) is 0 Å². The predicted molar refractivity (Wildman–Crippen MR) is 67.8 cm³/mol. The standard InChI is InChI=1S/C13H10ClF2NO/c1-18-12-5-7(4-11(16)13(12)17)9-3-2-8(14)6-10(9)15/h2-6H,17H2,1H3. The molecular formula is C13H10ClF2NO. The smallest absolute Gasteiger partial charge is 0.150 e. The van der Waals surface area contributed by atoms with Crippen LogP contribution in [0.15, 0.2) is 30.3 Å². The second kappa shape index (κ2) is 4.82. The lowest BCUT2D eigenvalue weighted by Crippen LogP contribution is -1.97. The Morgan fingerprint density at radius 1 is 1.11 bits per heavy atom. The van der Waals surface area contributed by atoms with E-state index in [1.807, 2.05) is 0 Å². The molecule has 0 aliphatic heterocycles. The molecule has 2 N–H and O–H groups in total. The summed E-state index contributed by atoms with van der Waals surface area (Å²) in [6.45, 7) is 0. The van der Waals surface area contributed by atoms with Gasteiger partial charge in [0, 0.05) is 10.6 Å². The molecule has 0 heterocycles. The van der Waals surface area contributed by atoms with Crippen molar-refractivity contribution in [3.8, 4) is 16.9 Å². The van der Waals surface area contributed by atoms with E-state index in [0.717, 1.165) is 12.1 Å². The first kappa shape index (κ1) is 12.6. The molecule has 0 aliphatic rings. The van der Waals surface area contributed by atoms with E-state index in [4.69, 9.17) is 22.1 Å². The van der Waals surface area contributed by atoms with Gasteiger partial charge in [-0.2, -0.15) is 0 Å². The summed E-state index contributed by atoms with van der Waals surface area (Å²) in [5.41, 5.74) is 5.96. The molecule has 0 aromatic heterocycles. The van der Waals surface area contributed by atoms with Crippen molar-refractivity contribution in [2.45, 2.75) is 0 Å². The fourth-order valence-electron chi connectivity index (χ4n) is 1.64. The summed E-state index contributed by atoms with van der Waals surface area (Å²) in [6.07, 6.45) is 0. The van der Waals surface area contributed by atoms with E-state index in [0.29, 0.717) is 5.56 Å². The summed E-state index contributed by atoms with van der Waals surface area (Å²) in [5.74, 6) is -1.02. The maximum atomic E-state index is 13.7. The van der Waals surface area contributed by atoms with Crippen molar-refractivity contribution in [2.24, 2.45) is 0 Å². The molecule has 0 spiro atoms. The zero-order valence-corrected chi connectivity index (χ0v) is 10.3. The summed E-state index contributed by atoms with van der Waals surface area (Å²) in [4.78, 5) is 0. The third-order valence-electron chi connectivity index (χ3n) is 2.55. The van der Waals surface area contributed by atoms with Crippen LogP contribution in [0.4, 0.5) is 14.5 Å². The number of halogens is 3. The minimum absolute atomic E-state index is 0.101. The van der Waals surface area contributed by atoms with E-state index in [1.165, 1.54) is 25.3 Å². The monoisotopic (exact) mass is 269 g/mol. The van der Waals surface area contributed by atoms with Gasteiger partial charge in [-0.05, 0) is 35.9 Å². The van der Waals surface area contributed by atoms with E-state index < -0.39 is 11.6 Å². The first-order valence-electron chi connectivity index (χ1n) is 5.11. The van der Waals surface area contributed by atoms with Gasteiger partial charge in [0.1, 0.15) is 17.3 Å². The second-order valence-corrected chi connectivity index (χ2v) is 4.13. The Bertz CT molecular complexity index is 602. The number of nitrogen functional groups attached to an aromatic ring is 1. The first-order valence-corrected chi connectivity index (χ1v) is 5.49. The van der Waals surface area contributed by atoms with Crippen LogP contribution < -0.4 is 10.5 Å². The van der Waals surface area contributed by atoms with Gasteiger partial charge >= 0.3 is 0 Å². The van der Waals surface area contributed by atoms with E-state index >= 15 is 0 Å². The normalized spacial score (nSPS) is 10.4. The zero-order chi connectivity index (χ0) is 13.3. The van der Waals surface area contributed by atoms with Crippen molar-refractivity contribution in [1.82, 2.24) is 0 Å². The maximum Gasteiger partial charge on any atom is 0.150 e. The molecule has 2 aromatic carbocycles. The quantitative estimate of drug-likeness (QED) is 0.840. The Kier molecular flexibility index (Phi) is 3.39. The lowest BCUT2D eigenvalue weighted by Gasteiger charge is -2.10. The van der Waals surface area contributed by atoms with Gasteiger partial charge < -0.3 is 10.5 Å². The Labute approximate surface area is 108 Å². The molecule has 0 aliphatic carbocycles. The van der Waals surface area contributed by atoms with Crippen LogP contribution in [-0.4, -0.2) is 7.11 Å². The molecule has 0 radical (unpaired) electrons. The van der Waals surface area contributed by atoms with Crippen LogP contribution in [0.3, 0.4) is 0 Å². The van der Waals surface area contributed by atoms with E-state index in [1.54, 1.807) is 0 Å². The minimum Gasteiger partial charge on any atom is -0.494 e. The number of hydrogen-bond acceptors (Lipinski definition) is 2. The molecule has 0 saturated heterocycles. The Morgan fingerprint density at radius 3 is 2.44 bits per heavy atom. The third kappa shape index (κ3) is 2.24. The SMILES string of the molecule is COc1cc(-c2ccc(Cl)cc2F)cc(F)c1N. The molecule has 2 rings (SSSR count). The molecule has 18 heavy (non-hydrogen) atoms. The number of ether oxygens (including phenoxy) is 1.